The smallest absolute Gasteiger partial charge is 0.359 e. The van der Waals surface area contributed by atoms with Crippen molar-refractivity contribution in [2.45, 2.75) is 13.5 Å². The van der Waals surface area contributed by atoms with Crippen molar-refractivity contribution in [1.82, 2.24) is 9.55 Å². The van der Waals surface area contributed by atoms with E-state index in [4.69, 9.17) is 9.73 Å². The van der Waals surface area contributed by atoms with Crippen molar-refractivity contribution in [3.8, 4) is 6.07 Å². The third-order valence-electron chi connectivity index (χ3n) is 5.00. The van der Waals surface area contributed by atoms with E-state index in [9.17, 15) is 10.1 Å². The molecule has 0 radical (unpaired) electrons. The summed E-state index contributed by atoms with van der Waals surface area (Å²) in [5.74, 6) is -0.580. The molecule has 0 aliphatic carbocycles. The number of nitriles is 1. The molecule has 0 fully saturated rings. The number of methoxy groups -OCH3 is 1. The molecule has 2 aromatic carbocycles. The van der Waals surface area contributed by atoms with Gasteiger partial charge in [0.1, 0.15) is 11.7 Å². The van der Waals surface area contributed by atoms with E-state index in [1.807, 2.05) is 72.2 Å². The molecule has 0 aliphatic rings. The number of ether oxygens (including phenoxy) is 1. The molecule has 0 spiro atoms. The molecule has 0 saturated heterocycles. The van der Waals surface area contributed by atoms with Crippen LogP contribution in [0.4, 0.5) is 5.69 Å². The monoisotopic (exact) mass is 408 g/mol. The van der Waals surface area contributed by atoms with Crippen LogP contribution in [-0.4, -0.2) is 28.3 Å². The van der Waals surface area contributed by atoms with Gasteiger partial charge in [0.2, 0.25) is 0 Å². The van der Waals surface area contributed by atoms with E-state index in [0.29, 0.717) is 34.5 Å². The van der Waals surface area contributed by atoms with Crippen molar-refractivity contribution in [1.29, 1.82) is 5.26 Å². The first-order chi connectivity index (χ1) is 15.2. The van der Waals surface area contributed by atoms with Crippen molar-refractivity contribution in [2.75, 3.05) is 7.11 Å². The number of nitrogens with zero attached hydrogens (tertiary/aromatic N) is 4. The molecular weight excluding hydrogens is 388 g/mol. The van der Waals surface area contributed by atoms with Crippen molar-refractivity contribution >= 4 is 28.4 Å². The molecule has 2 heterocycles. The number of aryl methyl sites for hydroxylation is 1. The first-order valence-electron chi connectivity index (χ1n) is 9.88. The lowest BCUT2D eigenvalue weighted by atomic mass is 10.0. The number of benzene rings is 2. The predicted octanol–water partition coefficient (Wildman–Crippen LogP) is 4.88. The molecule has 152 valence electrons. The maximum Gasteiger partial charge on any atom is 0.359 e. The maximum atomic E-state index is 12.6. The number of fused-ring (bicyclic) bond motifs is 1. The Kier molecular flexibility index (Phi) is 5.59. The molecule has 0 saturated carbocycles. The fraction of sp³-hybridized carbons (Fsp3) is 0.120. The highest BCUT2D eigenvalue weighted by Crippen LogP contribution is 2.29. The highest BCUT2D eigenvalue weighted by atomic mass is 16.5. The summed E-state index contributed by atoms with van der Waals surface area (Å²) in [5.41, 5.74) is 4.00. The zero-order valence-corrected chi connectivity index (χ0v) is 17.2. The van der Waals surface area contributed by atoms with Crippen LogP contribution in [0.2, 0.25) is 0 Å². The minimum Gasteiger partial charge on any atom is -0.464 e. The highest BCUT2D eigenvalue weighted by Gasteiger charge is 2.20. The zero-order chi connectivity index (χ0) is 21.8. The number of hydrogen-bond acceptors (Lipinski definition) is 5. The molecule has 0 unspecified atom stereocenters. The maximum absolute atomic E-state index is 12.6. The zero-order valence-electron chi connectivity index (χ0n) is 17.2. The quantitative estimate of drug-likeness (QED) is 0.348. The molecule has 4 rings (SSSR count). The Bertz CT molecular complexity index is 1280. The molecule has 0 N–H and O–H groups in total. The van der Waals surface area contributed by atoms with Gasteiger partial charge < -0.3 is 9.30 Å². The van der Waals surface area contributed by atoms with Gasteiger partial charge in [-0.25, -0.2) is 14.8 Å². The second-order valence-electron chi connectivity index (χ2n) is 6.85. The fourth-order valence-corrected chi connectivity index (χ4v) is 3.47. The third kappa shape index (κ3) is 3.81. The van der Waals surface area contributed by atoms with E-state index in [0.717, 1.165) is 11.1 Å². The molecule has 4 aromatic rings. The normalized spacial score (nSPS) is 10.5. The molecule has 6 nitrogen and oxygen atoms in total. The summed E-state index contributed by atoms with van der Waals surface area (Å²) in [4.78, 5) is 22.0. The summed E-state index contributed by atoms with van der Waals surface area (Å²) < 4.78 is 6.82. The lowest BCUT2D eigenvalue weighted by Gasteiger charge is -2.10. The van der Waals surface area contributed by atoms with Crippen molar-refractivity contribution < 1.29 is 9.53 Å². The number of carbonyl (C=O) groups is 1. The van der Waals surface area contributed by atoms with Crippen LogP contribution >= 0.6 is 0 Å². The number of esters is 1. The molecule has 0 amide bonds. The number of hydrogen-bond donors (Lipinski definition) is 0. The highest BCUT2D eigenvalue weighted by molar-refractivity contribution is 6.14. The minimum atomic E-state index is -0.580. The molecule has 31 heavy (non-hydrogen) atoms. The van der Waals surface area contributed by atoms with Gasteiger partial charge in [-0.05, 0) is 13.0 Å². The lowest BCUT2D eigenvalue weighted by Crippen LogP contribution is -2.08. The van der Waals surface area contributed by atoms with Crippen LogP contribution < -0.4 is 0 Å². The topological polar surface area (TPSA) is 80.3 Å². The number of rotatable bonds is 5. The van der Waals surface area contributed by atoms with Gasteiger partial charge in [0.15, 0.2) is 5.69 Å². The van der Waals surface area contributed by atoms with Crippen molar-refractivity contribution in [3.05, 3.63) is 95.3 Å². The van der Waals surface area contributed by atoms with E-state index in [1.54, 1.807) is 12.3 Å². The van der Waals surface area contributed by atoms with E-state index < -0.39 is 5.97 Å². The van der Waals surface area contributed by atoms with Gasteiger partial charge >= 0.3 is 5.97 Å². The fourth-order valence-electron chi connectivity index (χ4n) is 3.47. The predicted molar refractivity (Wildman–Crippen MR) is 120 cm³/mol. The van der Waals surface area contributed by atoms with Gasteiger partial charge in [-0.15, -0.1) is 0 Å². The van der Waals surface area contributed by atoms with E-state index in [1.165, 1.54) is 7.11 Å². The summed E-state index contributed by atoms with van der Waals surface area (Å²) in [7, 11) is 1.32. The van der Waals surface area contributed by atoms with Crippen LogP contribution in [0, 0.1) is 11.3 Å². The van der Waals surface area contributed by atoms with Crippen molar-refractivity contribution in [2.24, 2.45) is 4.99 Å². The summed E-state index contributed by atoms with van der Waals surface area (Å²) in [6.07, 6.45) is 1.74. The van der Waals surface area contributed by atoms with Crippen LogP contribution in [0.15, 0.2) is 77.9 Å². The van der Waals surface area contributed by atoms with Crippen LogP contribution in [0.1, 0.15) is 34.1 Å². The summed E-state index contributed by atoms with van der Waals surface area (Å²) in [5, 5.41) is 10.2. The largest absolute Gasteiger partial charge is 0.464 e. The molecule has 0 atom stereocenters. The Morgan fingerprint density at radius 1 is 1.10 bits per heavy atom. The molecular formula is C25H20N4O2. The Hall–Kier alpha value is -4.24. The summed E-state index contributed by atoms with van der Waals surface area (Å²) in [6, 6.07) is 23.4. The van der Waals surface area contributed by atoms with Crippen molar-refractivity contribution in [3.63, 3.8) is 0 Å². The third-order valence-corrected chi connectivity index (χ3v) is 5.00. The number of aromatic nitrogens is 2. The van der Waals surface area contributed by atoms with Gasteiger partial charge in [0, 0.05) is 29.3 Å². The van der Waals surface area contributed by atoms with Gasteiger partial charge in [-0.3, -0.25) is 0 Å². The van der Waals surface area contributed by atoms with E-state index in [2.05, 4.69) is 11.1 Å². The molecule has 6 heteroatoms. The first kappa shape index (κ1) is 20.0. The van der Waals surface area contributed by atoms with Crippen LogP contribution in [0.5, 0.6) is 0 Å². The summed E-state index contributed by atoms with van der Waals surface area (Å²) in [6.45, 7) is 2.57. The Labute approximate surface area is 180 Å². The van der Waals surface area contributed by atoms with Crippen LogP contribution in [-0.2, 0) is 11.3 Å². The second-order valence-corrected chi connectivity index (χ2v) is 6.85. The number of aliphatic imine (C=N–C) groups is 1. The van der Waals surface area contributed by atoms with Gasteiger partial charge in [0.05, 0.1) is 24.1 Å². The number of carbonyl (C=O) groups excluding carboxylic acids is 1. The lowest BCUT2D eigenvalue weighted by molar-refractivity contribution is 0.0595. The van der Waals surface area contributed by atoms with Crippen LogP contribution in [0.3, 0.4) is 0 Å². The standard InChI is InChI=1S/C25H20N4O2/c1-3-29-16-19(15-26)20-14-21(23(25(30)31-2)28-24(20)29)27-22(17-10-6-4-7-11-17)18-12-8-5-9-13-18/h4-14,16H,3H2,1-2H3. The summed E-state index contributed by atoms with van der Waals surface area (Å²) >= 11 is 0. The van der Waals surface area contributed by atoms with Crippen LogP contribution in [0.25, 0.3) is 11.0 Å². The SMILES string of the molecule is CCn1cc(C#N)c2cc(N=C(c3ccccc3)c3ccccc3)c(C(=O)OC)nc21. The van der Waals surface area contributed by atoms with Gasteiger partial charge in [0.25, 0.3) is 0 Å². The average Bonchev–Trinajstić information content (AvgIpc) is 3.19. The second kappa shape index (κ2) is 8.64. The van der Waals surface area contributed by atoms with Gasteiger partial charge in [-0.1, -0.05) is 60.7 Å². The minimum absolute atomic E-state index is 0.108. The first-order valence-corrected chi connectivity index (χ1v) is 9.88. The Balaban J connectivity index is 2.03. The molecule has 0 bridgehead atoms. The number of pyridine rings is 1. The molecule has 2 aromatic heterocycles. The van der Waals surface area contributed by atoms with Gasteiger partial charge in [-0.2, -0.15) is 5.26 Å². The van der Waals surface area contributed by atoms with E-state index in [-0.39, 0.29) is 5.69 Å². The van der Waals surface area contributed by atoms with E-state index >= 15 is 0 Å². The Morgan fingerprint density at radius 2 is 1.71 bits per heavy atom. The Morgan fingerprint density at radius 3 is 2.23 bits per heavy atom. The molecule has 0 aliphatic heterocycles. The average molecular weight is 408 g/mol.